The largest absolute Gasteiger partial charge is 0.573 e. The van der Waals surface area contributed by atoms with E-state index < -0.39 is 35.4 Å². The first-order valence-corrected chi connectivity index (χ1v) is 11.8. The molecule has 1 aliphatic rings. The van der Waals surface area contributed by atoms with E-state index in [4.69, 9.17) is 0 Å². The minimum absolute atomic E-state index is 0.145. The molecule has 0 heterocycles. The van der Waals surface area contributed by atoms with Crippen LogP contribution >= 0.6 is 0 Å². The Kier molecular flexibility index (Phi) is 8.77. The fraction of sp³-hybridized carbons (Fsp3) is 0.538. The van der Waals surface area contributed by atoms with Gasteiger partial charge in [0, 0.05) is 0 Å². The van der Waals surface area contributed by atoms with Gasteiger partial charge in [-0.1, -0.05) is 45.1 Å². The molecular weight excluding hydrogens is 458 g/mol. The van der Waals surface area contributed by atoms with Gasteiger partial charge in [0.05, 0.1) is 5.56 Å². The summed E-state index contributed by atoms with van der Waals surface area (Å²) in [5.74, 6) is -1.23. The first kappa shape index (κ1) is 26.2. The summed E-state index contributed by atoms with van der Waals surface area (Å²) in [6.07, 6.45) is 1.23. The third-order valence-corrected chi connectivity index (χ3v) is 6.39. The van der Waals surface area contributed by atoms with Crippen LogP contribution in [0.25, 0.3) is 0 Å². The van der Waals surface area contributed by atoms with Gasteiger partial charge in [0.25, 0.3) is 0 Å². The number of rotatable bonds is 10. The van der Waals surface area contributed by atoms with E-state index in [-0.39, 0.29) is 5.92 Å². The maximum absolute atomic E-state index is 14.7. The number of benzene rings is 2. The second-order valence-corrected chi connectivity index (χ2v) is 8.94. The van der Waals surface area contributed by atoms with Gasteiger partial charge in [-0.3, -0.25) is 0 Å². The molecule has 2 aromatic rings. The predicted octanol–water partition coefficient (Wildman–Crippen LogP) is 9.10. The number of hydrogen-bond donors (Lipinski definition) is 0. The molecule has 2 nitrogen and oxygen atoms in total. The third-order valence-electron chi connectivity index (χ3n) is 6.39. The molecule has 3 rings (SSSR count). The highest BCUT2D eigenvalue weighted by atomic mass is 19.4. The number of alkyl halides is 5. The lowest BCUT2D eigenvalue weighted by Gasteiger charge is -2.29. The molecule has 0 saturated heterocycles. The van der Waals surface area contributed by atoms with Crippen LogP contribution in [0.5, 0.6) is 11.5 Å². The normalized spacial score (nSPS) is 19.1. The summed E-state index contributed by atoms with van der Waals surface area (Å²) in [4.78, 5) is 0. The van der Waals surface area contributed by atoms with E-state index in [0.717, 1.165) is 62.1 Å². The van der Waals surface area contributed by atoms with Crippen LogP contribution in [0, 0.1) is 11.7 Å². The molecule has 0 amide bonds. The molecule has 8 heteroatoms. The van der Waals surface area contributed by atoms with E-state index in [0.29, 0.717) is 11.5 Å². The highest BCUT2D eigenvalue weighted by Crippen LogP contribution is 2.40. The van der Waals surface area contributed by atoms with E-state index >= 15 is 0 Å². The standard InChI is InChI=1S/C26H30F6O2/c1-2-3-4-5-6-18-7-9-19(10-8-18)20-11-16-23(24(27)17-20)25(28,29)33-21-12-14-22(15-13-21)34-26(30,31)32/h11-19H,2-10H2,1H3/t18-,19-. The summed E-state index contributed by atoms with van der Waals surface area (Å²) in [5.41, 5.74) is -0.216. The van der Waals surface area contributed by atoms with E-state index in [1.807, 2.05) is 0 Å². The summed E-state index contributed by atoms with van der Waals surface area (Å²) in [7, 11) is 0. The third kappa shape index (κ3) is 7.57. The van der Waals surface area contributed by atoms with Gasteiger partial charge in [-0.25, -0.2) is 4.39 Å². The lowest BCUT2D eigenvalue weighted by Crippen LogP contribution is -2.24. The predicted molar refractivity (Wildman–Crippen MR) is 118 cm³/mol. The van der Waals surface area contributed by atoms with Crippen molar-refractivity contribution in [3.05, 3.63) is 59.4 Å². The minimum Gasteiger partial charge on any atom is -0.429 e. The van der Waals surface area contributed by atoms with Crippen LogP contribution in [0.4, 0.5) is 26.3 Å². The van der Waals surface area contributed by atoms with E-state index in [1.165, 1.54) is 38.2 Å². The van der Waals surface area contributed by atoms with Crippen LogP contribution in [0.3, 0.4) is 0 Å². The Morgan fingerprint density at radius 3 is 1.97 bits per heavy atom. The molecule has 1 aliphatic carbocycles. The molecule has 0 radical (unpaired) electrons. The molecule has 0 atom stereocenters. The van der Waals surface area contributed by atoms with Crippen molar-refractivity contribution in [2.24, 2.45) is 5.92 Å². The Hall–Kier alpha value is -2.38. The molecule has 0 N–H and O–H groups in total. The fourth-order valence-corrected chi connectivity index (χ4v) is 4.58. The lowest BCUT2D eigenvalue weighted by molar-refractivity contribution is -0.274. The SMILES string of the molecule is CCCCCC[C@H]1CC[C@H](c2ccc(C(F)(F)Oc3ccc(OC(F)(F)F)cc3)c(F)c2)CC1. The van der Waals surface area contributed by atoms with Crippen LogP contribution in [0.15, 0.2) is 42.5 Å². The zero-order valence-corrected chi connectivity index (χ0v) is 19.1. The Labute approximate surface area is 196 Å². The van der Waals surface area contributed by atoms with Gasteiger partial charge in [-0.2, -0.15) is 8.78 Å². The second-order valence-electron chi connectivity index (χ2n) is 8.94. The smallest absolute Gasteiger partial charge is 0.429 e. The zero-order valence-electron chi connectivity index (χ0n) is 19.1. The number of ether oxygens (including phenoxy) is 2. The molecule has 188 valence electrons. The monoisotopic (exact) mass is 488 g/mol. The Balaban J connectivity index is 1.58. The summed E-state index contributed by atoms with van der Waals surface area (Å²) in [6, 6.07) is 7.20. The summed E-state index contributed by atoms with van der Waals surface area (Å²) < 4.78 is 88.8. The van der Waals surface area contributed by atoms with Gasteiger partial charge in [-0.05, 0) is 79.5 Å². The molecular formula is C26H30F6O2. The topological polar surface area (TPSA) is 18.5 Å². The van der Waals surface area contributed by atoms with Crippen molar-refractivity contribution in [3.8, 4) is 11.5 Å². The first-order chi connectivity index (χ1) is 16.1. The molecule has 0 unspecified atom stereocenters. The van der Waals surface area contributed by atoms with Gasteiger partial charge < -0.3 is 9.47 Å². The Morgan fingerprint density at radius 1 is 0.794 bits per heavy atom. The quantitative estimate of drug-likeness (QED) is 0.245. The van der Waals surface area contributed by atoms with Gasteiger partial charge in [-0.15, -0.1) is 13.2 Å². The lowest BCUT2D eigenvalue weighted by atomic mass is 9.77. The molecule has 1 fully saturated rings. The zero-order chi connectivity index (χ0) is 24.8. The summed E-state index contributed by atoms with van der Waals surface area (Å²) in [5, 5.41) is 0. The molecule has 0 bridgehead atoms. The highest BCUT2D eigenvalue weighted by molar-refractivity contribution is 5.34. The van der Waals surface area contributed by atoms with Gasteiger partial charge in [0.15, 0.2) is 0 Å². The van der Waals surface area contributed by atoms with Crippen molar-refractivity contribution >= 4 is 0 Å². The van der Waals surface area contributed by atoms with Crippen molar-refractivity contribution in [1.29, 1.82) is 0 Å². The maximum Gasteiger partial charge on any atom is 0.573 e. The minimum atomic E-state index is -4.90. The number of hydrogen-bond acceptors (Lipinski definition) is 2. The van der Waals surface area contributed by atoms with Crippen LogP contribution in [-0.2, 0) is 6.11 Å². The van der Waals surface area contributed by atoms with Crippen LogP contribution in [0.1, 0.15) is 81.8 Å². The van der Waals surface area contributed by atoms with Crippen molar-refractivity contribution in [2.75, 3.05) is 0 Å². The van der Waals surface area contributed by atoms with E-state index in [1.54, 1.807) is 0 Å². The van der Waals surface area contributed by atoms with Crippen molar-refractivity contribution < 1.29 is 35.8 Å². The number of halogens is 6. The second kappa shape index (κ2) is 11.4. The van der Waals surface area contributed by atoms with E-state index in [9.17, 15) is 26.3 Å². The summed E-state index contributed by atoms with van der Waals surface area (Å²) >= 11 is 0. The van der Waals surface area contributed by atoms with Gasteiger partial charge >= 0.3 is 12.5 Å². The Morgan fingerprint density at radius 2 is 1.41 bits per heavy atom. The average Bonchev–Trinajstić information content (AvgIpc) is 2.77. The van der Waals surface area contributed by atoms with Gasteiger partial charge in [0.2, 0.25) is 0 Å². The summed E-state index contributed by atoms with van der Waals surface area (Å²) in [6.45, 7) is 2.19. The van der Waals surface area contributed by atoms with Gasteiger partial charge in [0.1, 0.15) is 17.3 Å². The maximum atomic E-state index is 14.7. The average molecular weight is 489 g/mol. The molecule has 34 heavy (non-hydrogen) atoms. The molecule has 1 saturated carbocycles. The molecule has 2 aromatic carbocycles. The first-order valence-electron chi connectivity index (χ1n) is 11.8. The van der Waals surface area contributed by atoms with E-state index in [2.05, 4.69) is 16.4 Å². The Bertz CT molecular complexity index is 902. The van der Waals surface area contributed by atoms with Crippen molar-refractivity contribution in [2.45, 2.75) is 83.1 Å². The van der Waals surface area contributed by atoms with Crippen molar-refractivity contribution in [1.82, 2.24) is 0 Å². The van der Waals surface area contributed by atoms with Crippen molar-refractivity contribution in [3.63, 3.8) is 0 Å². The van der Waals surface area contributed by atoms with Crippen LogP contribution < -0.4 is 9.47 Å². The number of unbranched alkanes of at least 4 members (excludes halogenated alkanes) is 3. The molecule has 0 spiro atoms. The molecule has 0 aromatic heterocycles. The van der Waals surface area contributed by atoms with Crippen LogP contribution in [-0.4, -0.2) is 6.36 Å². The fourth-order valence-electron chi connectivity index (χ4n) is 4.58. The van der Waals surface area contributed by atoms with Crippen LogP contribution in [0.2, 0.25) is 0 Å². The molecule has 0 aliphatic heterocycles. The highest BCUT2D eigenvalue weighted by Gasteiger charge is 2.38.